The van der Waals surface area contributed by atoms with Gasteiger partial charge in [-0.05, 0) is 6.92 Å². The Labute approximate surface area is 75.4 Å². The lowest BCUT2D eigenvalue weighted by atomic mass is 10.4. The van der Waals surface area contributed by atoms with E-state index in [4.69, 9.17) is 5.73 Å². The molecule has 74 valence electrons. The van der Waals surface area contributed by atoms with Crippen molar-refractivity contribution in [2.45, 2.75) is 6.92 Å². The second kappa shape index (κ2) is 6.13. The maximum atomic E-state index is 10.7. The van der Waals surface area contributed by atoms with Gasteiger partial charge in [-0.3, -0.25) is 9.59 Å². The Kier molecular flexibility index (Phi) is 5.45. The molecule has 0 spiro atoms. The molecule has 0 aliphatic carbocycles. The molecule has 6 heteroatoms. The van der Waals surface area contributed by atoms with Crippen LogP contribution in [0.15, 0.2) is 0 Å². The predicted octanol–water partition coefficient (Wildman–Crippen LogP) is -1.17. The van der Waals surface area contributed by atoms with Crippen LogP contribution in [-0.4, -0.2) is 37.4 Å². The largest absolute Gasteiger partial charge is 0.441 e. The number of hydrogen-bond donors (Lipinski definition) is 2. The Hall–Kier alpha value is -1.43. The zero-order valence-corrected chi connectivity index (χ0v) is 7.33. The van der Waals surface area contributed by atoms with E-state index < -0.39 is 6.09 Å². The average molecular weight is 188 g/mol. The van der Waals surface area contributed by atoms with Crippen LogP contribution in [0.3, 0.4) is 0 Å². The molecule has 0 radical (unpaired) electrons. The first-order chi connectivity index (χ1) is 6.06. The highest BCUT2D eigenvalue weighted by Crippen LogP contribution is 1.78. The number of amides is 1. The Balaban J connectivity index is 3.52. The molecular weight excluding hydrogens is 176 g/mol. The minimum absolute atomic E-state index is 0.102. The van der Waals surface area contributed by atoms with Gasteiger partial charge < -0.3 is 15.8 Å². The minimum Gasteiger partial charge on any atom is -0.441 e. The SMILES string of the molecule is CC(=O)CNC(=O)OCC(=O)CN. The van der Waals surface area contributed by atoms with Gasteiger partial charge in [0.15, 0.2) is 12.4 Å². The first-order valence-electron chi connectivity index (χ1n) is 3.68. The average Bonchev–Trinajstić information content (AvgIpc) is 2.10. The molecule has 3 N–H and O–H groups in total. The third-order valence-corrected chi connectivity index (χ3v) is 1.07. The third-order valence-electron chi connectivity index (χ3n) is 1.07. The van der Waals surface area contributed by atoms with Crippen molar-refractivity contribution < 1.29 is 19.1 Å². The number of alkyl carbamates (subject to hydrolysis) is 1. The molecule has 1 amide bonds. The number of ketones is 2. The molecule has 0 heterocycles. The fraction of sp³-hybridized carbons (Fsp3) is 0.571. The van der Waals surface area contributed by atoms with Crippen molar-refractivity contribution in [1.82, 2.24) is 5.32 Å². The topological polar surface area (TPSA) is 98.5 Å². The van der Waals surface area contributed by atoms with Gasteiger partial charge in [0.25, 0.3) is 0 Å². The number of carbonyl (C=O) groups excluding carboxylic acids is 3. The predicted molar refractivity (Wildman–Crippen MR) is 44.1 cm³/mol. The monoisotopic (exact) mass is 188 g/mol. The molecule has 0 rings (SSSR count). The maximum Gasteiger partial charge on any atom is 0.407 e. The van der Waals surface area contributed by atoms with Gasteiger partial charge in [-0.2, -0.15) is 0 Å². The smallest absolute Gasteiger partial charge is 0.407 e. The van der Waals surface area contributed by atoms with Crippen LogP contribution in [-0.2, 0) is 14.3 Å². The molecule has 0 aromatic rings. The van der Waals surface area contributed by atoms with Gasteiger partial charge in [-0.25, -0.2) is 4.79 Å². The van der Waals surface area contributed by atoms with Crippen molar-refractivity contribution >= 4 is 17.7 Å². The van der Waals surface area contributed by atoms with Crippen molar-refractivity contribution in [3.63, 3.8) is 0 Å². The zero-order chi connectivity index (χ0) is 10.3. The van der Waals surface area contributed by atoms with Gasteiger partial charge >= 0.3 is 6.09 Å². The van der Waals surface area contributed by atoms with E-state index in [1.165, 1.54) is 6.92 Å². The molecule has 13 heavy (non-hydrogen) atoms. The van der Waals surface area contributed by atoms with Gasteiger partial charge in [0, 0.05) is 0 Å². The molecule has 6 nitrogen and oxygen atoms in total. The maximum absolute atomic E-state index is 10.7. The Bertz CT molecular complexity index is 215. The molecule has 0 unspecified atom stereocenters. The van der Waals surface area contributed by atoms with Gasteiger partial charge in [-0.15, -0.1) is 0 Å². The number of ether oxygens (including phenoxy) is 1. The second-order valence-electron chi connectivity index (χ2n) is 2.37. The van der Waals surface area contributed by atoms with Crippen LogP contribution in [0.2, 0.25) is 0 Å². The molecule has 0 atom stereocenters. The minimum atomic E-state index is -0.794. The zero-order valence-electron chi connectivity index (χ0n) is 7.33. The first-order valence-corrected chi connectivity index (χ1v) is 3.68. The van der Waals surface area contributed by atoms with E-state index in [1.807, 2.05) is 0 Å². The van der Waals surface area contributed by atoms with Crippen LogP contribution in [0.4, 0.5) is 4.79 Å². The van der Waals surface area contributed by atoms with E-state index in [0.717, 1.165) is 0 Å². The van der Waals surface area contributed by atoms with E-state index >= 15 is 0 Å². The van der Waals surface area contributed by atoms with Gasteiger partial charge in [0.05, 0.1) is 13.1 Å². The summed E-state index contributed by atoms with van der Waals surface area (Å²) in [6, 6.07) is 0. The van der Waals surface area contributed by atoms with E-state index in [0.29, 0.717) is 0 Å². The van der Waals surface area contributed by atoms with Crippen molar-refractivity contribution in [2.75, 3.05) is 19.7 Å². The van der Waals surface area contributed by atoms with Gasteiger partial charge in [0.2, 0.25) is 0 Å². The molecule has 0 fully saturated rings. The van der Waals surface area contributed by atoms with Crippen LogP contribution in [0.25, 0.3) is 0 Å². The lowest BCUT2D eigenvalue weighted by Crippen LogP contribution is -2.31. The molecule has 0 aromatic carbocycles. The number of hydrogen-bond acceptors (Lipinski definition) is 5. The third kappa shape index (κ3) is 6.95. The highest BCUT2D eigenvalue weighted by molar-refractivity contribution is 5.85. The van der Waals surface area contributed by atoms with Crippen LogP contribution >= 0.6 is 0 Å². The number of carbonyl (C=O) groups is 3. The lowest BCUT2D eigenvalue weighted by Gasteiger charge is -2.03. The Morgan fingerprint density at radius 1 is 1.38 bits per heavy atom. The molecule has 0 aliphatic heterocycles. The van der Waals surface area contributed by atoms with Crippen molar-refractivity contribution in [2.24, 2.45) is 5.73 Å². The Morgan fingerprint density at radius 2 is 2.00 bits per heavy atom. The van der Waals surface area contributed by atoms with E-state index in [-0.39, 0.29) is 31.3 Å². The summed E-state index contributed by atoms with van der Waals surface area (Å²) in [6.45, 7) is 0.696. The van der Waals surface area contributed by atoms with Crippen LogP contribution in [0.5, 0.6) is 0 Å². The van der Waals surface area contributed by atoms with Crippen LogP contribution in [0, 0.1) is 0 Å². The summed E-state index contributed by atoms with van der Waals surface area (Å²) in [6.07, 6.45) is -0.794. The first kappa shape index (κ1) is 11.6. The highest BCUT2D eigenvalue weighted by Gasteiger charge is 2.05. The summed E-state index contributed by atoms with van der Waals surface area (Å²) >= 11 is 0. The summed E-state index contributed by atoms with van der Waals surface area (Å²) in [4.78, 5) is 31.6. The van der Waals surface area contributed by atoms with E-state index in [1.54, 1.807) is 0 Å². The number of rotatable bonds is 5. The highest BCUT2D eigenvalue weighted by atomic mass is 16.5. The van der Waals surface area contributed by atoms with Gasteiger partial charge in [0.1, 0.15) is 5.78 Å². The van der Waals surface area contributed by atoms with Crippen molar-refractivity contribution in [1.29, 1.82) is 0 Å². The van der Waals surface area contributed by atoms with Crippen LogP contribution < -0.4 is 11.1 Å². The molecule has 0 aromatic heterocycles. The molecule has 0 bridgehead atoms. The second-order valence-corrected chi connectivity index (χ2v) is 2.37. The van der Waals surface area contributed by atoms with Crippen molar-refractivity contribution in [3.8, 4) is 0 Å². The summed E-state index contributed by atoms with van der Waals surface area (Å²) in [5.74, 6) is -0.569. The molecule has 0 saturated heterocycles. The van der Waals surface area contributed by atoms with Crippen molar-refractivity contribution in [3.05, 3.63) is 0 Å². The number of nitrogens with two attached hydrogens (primary N) is 1. The van der Waals surface area contributed by atoms with Gasteiger partial charge in [-0.1, -0.05) is 0 Å². The number of Topliss-reactive ketones (excluding diaryl/α,β-unsaturated/α-hetero) is 2. The summed E-state index contributed by atoms with van der Waals surface area (Å²) in [7, 11) is 0. The molecule has 0 saturated carbocycles. The fourth-order valence-corrected chi connectivity index (χ4v) is 0.453. The van der Waals surface area contributed by atoms with Crippen LogP contribution in [0.1, 0.15) is 6.92 Å². The molecule has 0 aliphatic rings. The van der Waals surface area contributed by atoms with E-state index in [2.05, 4.69) is 10.1 Å². The summed E-state index contributed by atoms with van der Waals surface area (Å²) in [5.41, 5.74) is 4.97. The Morgan fingerprint density at radius 3 is 2.46 bits per heavy atom. The summed E-state index contributed by atoms with van der Waals surface area (Å²) in [5, 5.41) is 2.16. The quantitative estimate of drug-likeness (QED) is 0.566. The standard InChI is InChI=1S/C7H12N2O4/c1-5(10)3-9-7(12)13-4-6(11)2-8/h2-4,8H2,1H3,(H,9,12). The number of nitrogens with one attached hydrogen (secondary N) is 1. The molecular formula is C7H12N2O4. The summed E-state index contributed by atoms with van der Waals surface area (Å²) < 4.78 is 4.41. The fourth-order valence-electron chi connectivity index (χ4n) is 0.453. The normalized spacial score (nSPS) is 9.08. The van der Waals surface area contributed by atoms with E-state index in [9.17, 15) is 14.4 Å². The lowest BCUT2D eigenvalue weighted by molar-refractivity contribution is -0.120.